The van der Waals surface area contributed by atoms with Crippen LogP contribution in [0.25, 0.3) is 0 Å². The molecule has 0 spiro atoms. The summed E-state index contributed by atoms with van der Waals surface area (Å²) in [6, 6.07) is 0. The maximum Gasteiger partial charge on any atom is 0.409 e. The molecule has 2 N–H and O–H groups in total. The number of hydrogen-bond acceptors (Lipinski definition) is 3. The van der Waals surface area contributed by atoms with E-state index in [1.807, 2.05) is 5.32 Å². The van der Waals surface area contributed by atoms with Crippen LogP contribution in [0.3, 0.4) is 0 Å². The maximum atomic E-state index is 12.0. The van der Waals surface area contributed by atoms with Crippen LogP contribution in [0.1, 0.15) is 0 Å². The topological polar surface area (TPSA) is 75.1 Å². The molecule has 0 unspecified atom stereocenters. The highest BCUT2D eigenvalue weighted by Gasteiger charge is 1.98. The quantitative estimate of drug-likeness (QED) is 0.588. The van der Waals surface area contributed by atoms with Crippen molar-refractivity contribution >= 4 is 11.8 Å². The van der Waals surface area contributed by atoms with Crippen LogP contribution >= 0.6 is 0 Å². The summed E-state index contributed by atoms with van der Waals surface area (Å²) in [5, 5.41) is 10.1. The smallest absolute Gasteiger partial charge is 0.409 e. The Morgan fingerprint density at radius 1 is 1.55 bits per heavy atom. The van der Waals surface area contributed by atoms with Crippen molar-refractivity contribution in [1.82, 2.24) is 9.97 Å². The molecule has 58 valence electrons. The third-order valence-corrected chi connectivity index (χ3v) is 0.872. The number of carbonyl (C=O) groups is 1. The molecule has 0 bridgehead atoms. The predicted molar refractivity (Wildman–Crippen MR) is 33.6 cm³/mol. The largest absolute Gasteiger partial charge is 0.465 e. The number of carboxylic acid groups (broad SMARTS) is 1. The normalized spacial score (nSPS) is 9.18. The predicted octanol–water partition coefficient (Wildman–Crippen LogP) is 0.706. The van der Waals surface area contributed by atoms with E-state index >= 15 is 0 Å². The van der Waals surface area contributed by atoms with Crippen molar-refractivity contribution in [1.29, 1.82) is 0 Å². The van der Waals surface area contributed by atoms with Gasteiger partial charge in [0.1, 0.15) is 0 Å². The third kappa shape index (κ3) is 2.17. The number of amides is 1. The lowest BCUT2D eigenvalue weighted by atomic mass is 10.5. The Morgan fingerprint density at radius 3 is 2.55 bits per heavy atom. The van der Waals surface area contributed by atoms with Crippen LogP contribution in [0.4, 0.5) is 14.9 Å². The first-order valence-corrected chi connectivity index (χ1v) is 2.66. The van der Waals surface area contributed by atoms with Crippen molar-refractivity contribution in [3.8, 4) is 0 Å². The van der Waals surface area contributed by atoms with Gasteiger partial charge in [0.2, 0.25) is 0 Å². The van der Waals surface area contributed by atoms with E-state index in [-0.39, 0.29) is 5.69 Å². The summed E-state index contributed by atoms with van der Waals surface area (Å²) in [4.78, 5) is 16.3. The first-order chi connectivity index (χ1) is 5.18. The van der Waals surface area contributed by atoms with Gasteiger partial charge in [-0.3, -0.25) is 5.32 Å². The monoisotopic (exact) mass is 157 g/mol. The summed E-state index contributed by atoms with van der Waals surface area (Å²) in [5.41, 5.74) is 0.138. The van der Waals surface area contributed by atoms with Crippen LogP contribution in [0.2, 0.25) is 0 Å². The van der Waals surface area contributed by atoms with Crippen molar-refractivity contribution in [2.45, 2.75) is 0 Å². The Bertz CT molecular complexity index is 261. The third-order valence-electron chi connectivity index (χ3n) is 0.872. The molecule has 1 amide bonds. The maximum absolute atomic E-state index is 12.0. The molecule has 11 heavy (non-hydrogen) atoms. The summed E-state index contributed by atoms with van der Waals surface area (Å²) in [5.74, 6) is 0. The minimum Gasteiger partial charge on any atom is -0.465 e. The molecule has 0 aliphatic carbocycles. The Hall–Kier alpha value is -1.72. The summed E-state index contributed by atoms with van der Waals surface area (Å²) in [6.45, 7) is 0. The van der Waals surface area contributed by atoms with Gasteiger partial charge in [-0.1, -0.05) is 0 Å². The van der Waals surface area contributed by atoms with Gasteiger partial charge < -0.3 is 5.11 Å². The highest BCUT2D eigenvalue weighted by atomic mass is 19.1. The van der Waals surface area contributed by atoms with Crippen molar-refractivity contribution in [2.75, 3.05) is 5.32 Å². The Balaban J connectivity index is 2.74. The first kappa shape index (κ1) is 7.39. The molecule has 0 aliphatic heterocycles. The van der Waals surface area contributed by atoms with Gasteiger partial charge in [-0.15, -0.1) is 0 Å². The number of nitrogens with one attached hydrogen (secondary N) is 1. The lowest BCUT2D eigenvalue weighted by Crippen LogP contribution is -2.08. The Kier molecular flexibility index (Phi) is 1.95. The first-order valence-electron chi connectivity index (χ1n) is 2.66. The molecule has 0 aromatic carbocycles. The standard InChI is InChI=1S/C5H4FN3O2/c6-4-7-1-3(2-8-4)9-5(10)11/h1-2,9H,(H,10,11). The second kappa shape index (κ2) is 2.91. The number of rotatable bonds is 1. The van der Waals surface area contributed by atoms with Crippen LogP contribution < -0.4 is 5.32 Å². The molecule has 0 aliphatic rings. The SMILES string of the molecule is O=C(O)Nc1cnc(F)nc1. The van der Waals surface area contributed by atoms with Gasteiger partial charge >= 0.3 is 12.2 Å². The summed E-state index contributed by atoms with van der Waals surface area (Å²) in [6.07, 6.45) is -0.0476. The summed E-state index contributed by atoms with van der Waals surface area (Å²) < 4.78 is 12.0. The van der Waals surface area contributed by atoms with Gasteiger partial charge in [-0.25, -0.2) is 14.8 Å². The number of hydrogen-bond donors (Lipinski definition) is 2. The van der Waals surface area contributed by atoms with E-state index in [0.717, 1.165) is 12.4 Å². The second-order valence-electron chi connectivity index (χ2n) is 1.67. The number of anilines is 1. The van der Waals surface area contributed by atoms with E-state index in [0.29, 0.717) is 0 Å². The second-order valence-corrected chi connectivity index (χ2v) is 1.67. The van der Waals surface area contributed by atoms with Crippen LogP contribution in [0.15, 0.2) is 12.4 Å². The molecule has 0 fully saturated rings. The molecule has 6 heteroatoms. The van der Waals surface area contributed by atoms with Gasteiger partial charge in [0.25, 0.3) is 0 Å². The number of halogens is 1. The van der Waals surface area contributed by atoms with E-state index in [1.165, 1.54) is 0 Å². The van der Waals surface area contributed by atoms with E-state index in [4.69, 9.17) is 5.11 Å². The van der Waals surface area contributed by atoms with Crippen molar-refractivity contribution in [3.63, 3.8) is 0 Å². The summed E-state index contributed by atoms with van der Waals surface area (Å²) >= 11 is 0. The van der Waals surface area contributed by atoms with Crippen LogP contribution in [-0.4, -0.2) is 21.2 Å². The Labute approximate surface area is 60.9 Å². The number of aromatic nitrogens is 2. The molecule has 1 heterocycles. The molecule has 5 nitrogen and oxygen atoms in total. The van der Waals surface area contributed by atoms with E-state index in [2.05, 4.69) is 9.97 Å². The van der Waals surface area contributed by atoms with Gasteiger partial charge in [0.05, 0.1) is 18.1 Å². The lowest BCUT2D eigenvalue weighted by Gasteiger charge is -1.96. The fraction of sp³-hybridized carbons (Fsp3) is 0. The van der Waals surface area contributed by atoms with Crippen molar-refractivity contribution in [2.24, 2.45) is 0 Å². The van der Waals surface area contributed by atoms with Crippen LogP contribution in [0.5, 0.6) is 0 Å². The lowest BCUT2D eigenvalue weighted by molar-refractivity contribution is 0.209. The highest BCUT2D eigenvalue weighted by Crippen LogP contribution is 2.00. The number of nitrogens with zero attached hydrogens (tertiary/aromatic N) is 2. The Morgan fingerprint density at radius 2 is 2.09 bits per heavy atom. The van der Waals surface area contributed by atoms with Crippen LogP contribution in [-0.2, 0) is 0 Å². The van der Waals surface area contributed by atoms with Crippen molar-refractivity contribution < 1.29 is 14.3 Å². The van der Waals surface area contributed by atoms with Crippen molar-refractivity contribution in [3.05, 3.63) is 18.5 Å². The highest BCUT2D eigenvalue weighted by molar-refractivity contribution is 5.82. The molecule has 0 saturated carbocycles. The summed E-state index contributed by atoms with van der Waals surface area (Å²) in [7, 11) is 0. The zero-order valence-electron chi connectivity index (χ0n) is 5.28. The van der Waals surface area contributed by atoms with Gasteiger partial charge in [-0.05, 0) is 0 Å². The van der Waals surface area contributed by atoms with E-state index < -0.39 is 12.2 Å². The zero-order valence-corrected chi connectivity index (χ0v) is 5.28. The average molecular weight is 157 g/mol. The average Bonchev–Trinajstić information content (AvgIpc) is 1.93. The molecular formula is C5H4FN3O2. The van der Waals surface area contributed by atoms with E-state index in [1.54, 1.807) is 0 Å². The van der Waals surface area contributed by atoms with Gasteiger partial charge in [0.15, 0.2) is 0 Å². The van der Waals surface area contributed by atoms with Gasteiger partial charge in [0, 0.05) is 0 Å². The van der Waals surface area contributed by atoms with Crippen LogP contribution in [0, 0.1) is 6.08 Å². The molecule has 1 aromatic heterocycles. The molecule has 0 saturated heterocycles. The minimum atomic E-state index is -1.24. The fourth-order valence-electron chi connectivity index (χ4n) is 0.500. The molecular weight excluding hydrogens is 153 g/mol. The fourth-order valence-corrected chi connectivity index (χ4v) is 0.500. The molecule has 1 rings (SSSR count). The molecule has 0 atom stereocenters. The molecule has 0 radical (unpaired) electrons. The minimum absolute atomic E-state index is 0.138. The molecule has 1 aromatic rings. The van der Waals surface area contributed by atoms with E-state index in [9.17, 15) is 9.18 Å². The zero-order chi connectivity index (χ0) is 8.27. The van der Waals surface area contributed by atoms with Gasteiger partial charge in [-0.2, -0.15) is 4.39 Å².